The van der Waals surface area contributed by atoms with E-state index in [0.717, 1.165) is 55.8 Å². The molecule has 0 spiro atoms. The zero-order valence-corrected chi connectivity index (χ0v) is 19.3. The first-order valence-corrected chi connectivity index (χ1v) is 11.6. The first-order chi connectivity index (χ1) is 15.9. The highest BCUT2D eigenvalue weighted by atomic mass is 16.4. The highest BCUT2D eigenvalue weighted by Gasteiger charge is 2.28. The van der Waals surface area contributed by atoms with Crippen LogP contribution in [0.4, 0.5) is 5.69 Å². The van der Waals surface area contributed by atoms with Gasteiger partial charge in [0.25, 0.3) is 5.91 Å². The zero-order valence-electron chi connectivity index (χ0n) is 19.3. The SMILES string of the molecule is CC1c2cc(NC(=O)c3ccc(C=NN4CCN(C)CC4)cc3)ccc2CCC1CC(=O)O. The second-order valence-electron chi connectivity index (χ2n) is 9.18. The van der Waals surface area contributed by atoms with Gasteiger partial charge in [-0.2, -0.15) is 5.10 Å². The summed E-state index contributed by atoms with van der Waals surface area (Å²) in [6, 6.07) is 13.4. The summed E-state index contributed by atoms with van der Waals surface area (Å²) >= 11 is 0. The molecule has 0 radical (unpaired) electrons. The number of carbonyl (C=O) groups excluding carboxylic acids is 1. The molecule has 2 unspecified atom stereocenters. The van der Waals surface area contributed by atoms with Crippen LogP contribution < -0.4 is 5.32 Å². The predicted molar refractivity (Wildman–Crippen MR) is 130 cm³/mol. The summed E-state index contributed by atoms with van der Waals surface area (Å²) in [4.78, 5) is 26.3. The Balaban J connectivity index is 1.38. The van der Waals surface area contributed by atoms with Crippen molar-refractivity contribution in [3.05, 3.63) is 64.7 Å². The van der Waals surface area contributed by atoms with Crippen molar-refractivity contribution in [2.75, 3.05) is 38.5 Å². The van der Waals surface area contributed by atoms with Gasteiger partial charge in [0, 0.05) is 43.9 Å². The predicted octanol–water partition coefficient (Wildman–Crippen LogP) is 3.66. The largest absolute Gasteiger partial charge is 0.481 e. The monoisotopic (exact) mass is 448 g/mol. The molecule has 1 heterocycles. The second kappa shape index (κ2) is 10.2. The molecule has 33 heavy (non-hydrogen) atoms. The van der Waals surface area contributed by atoms with Crippen molar-refractivity contribution in [1.29, 1.82) is 0 Å². The third-order valence-electron chi connectivity index (χ3n) is 6.85. The fourth-order valence-corrected chi connectivity index (χ4v) is 4.66. The Morgan fingerprint density at radius 3 is 2.55 bits per heavy atom. The molecule has 0 bridgehead atoms. The van der Waals surface area contributed by atoms with Crippen molar-refractivity contribution in [3.63, 3.8) is 0 Å². The number of rotatable bonds is 6. The molecule has 7 heteroatoms. The minimum Gasteiger partial charge on any atom is -0.481 e. The van der Waals surface area contributed by atoms with Gasteiger partial charge in [0.2, 0.25) is 0 Å². The van der Waals surface area contributed by atoms with Gasteiger partial charge < -0.3 is 15.3 Å². The smallest absolute Gasteiger partial charge is 0.303 e. The Hall–Kier alpha value is -3.19. The number of aliphatic carboxylic acids is 1. The number of hydrogen-bond donors (Lipinski definition) is 2. The van der Waals surface area contributed by atoms with Crippen LogP contribution in [0.1, 0.15) is 52.7 Å². The lowest BCUT2D eigenvalue weighted by Crippen LogP contribution is -2.41. The van der Waals surface area contributed by atoms with E-state index in [2.05, 4.69) is 40.4 Å². The van der Waals surface area contributed by atoms with Gasteiger partial charge in [-0.15, -0.1) is 0 Å². The van der Waals surface area contributed by atoms with Crippen LogP contribution in [0, 0.1) is 5.92 Å². The first kappa shape index (κ1) is 23.0. The molecule has 1 aliphatic carbocycles. The standard InChI is InChI=1S/C26H32N4O3/c1-18-22(15-25(31)32)8-7-20-9-10-23(16-24(18)20)28-26(33)21-5-3-19(4-6-21)17-27-30-13-11-29(2)12-14-30/h3-6,9-10,16-18,22H,7-8,11-15H2,1-2H3,(H,28,33)(H,31,32). The van der Waals surface area contributed by atoms with Crippen molar-refractivity contribution in [3.8, 4) is 0 Å². The second-order valence-corrected chi connectivity index (χ2v) is 9.18. The summed E-state index contributed by atoms with van der Waals surface area (Å²) in [5, 5.41) is 18.8. The van der Waals surface area contributed by atoms with Crippen molar-refractivity contribution >= 4 is 23.8 Å². The van der Waals surface area contributed by atoms with Gasteiger partial charge in [-0.25, -0.2) is 0 Å². The number of anilines is 1. The van der Waals surface area contributed by atoms with Crippen LogP contribution in [0.5, 0.6) is 0 Å². The fourth-order valence-electron chi connectivity index (χ4n) is 4.66. The minimum atomic E-state index is -0.753. The summed E-state index contributed by atoms with van der Waals surface area (Å²) in [7, 11) is 2.12. The number of likely N-dealkylation sites (N-methyl/N-ethyl adjacent to an activating group) is 1. The quantitative estimate of drug-likeness (QED) is 0.659. The fraction of sp³-hybridized carbons (Fsp3) is 0.423. The van der Waals surface area contributed by atoms with Crippen LogP contribution in [0.2, 0.25) is 0 Å². The van der Waals surface area contributed by atoms with E-state index in [-0.39, 0.29) is 24.2 Å². The average molecular weight is 449 g/mol. The third kappa shape index (κ3) is 5.79. The van der Waals surface area contributed by atoms with Crippen LogP contribution >= 0.6 is 0 Å². The number of nitrogens with one attached hydrogen (secondary N) is 1. The van der Waals surface area contributed by atoms with Crippen molar-refractivity contribution in [2.45, 2.75) is 32.1 Å². The van der Waals surface area contributed by atoms with Gasteiger partial charge in [-0.3, -0.25) is 14.6 Å². The van der Waals surface area contributed by atoms with Crippen LogP contribution in [0.3, 0.4) is 0 Å². The summed E-state index contributed by atoms with van der Waals surface area (Å²) < 4.78 is 0. The topological polar surface area (TPSA) is 85.2 Å². The maximum atomic E-state index is 12.8. The maximum absolute atomic E-state index is 12.8. The molecular formula is C26H32N4O3. The highest BCUT2D eigenvalue weighted by Crippen LogP contribution is 2.39. The lowest BCUT2D eigenvalue weighted by Gasteiger charge is -2.30. The molecule has 2 aromatic rings. The van der Waals surface area contributed by atoms with Gasteiger partial charge in [0.15, 0.2) is 0 Å². The zero-order chi connectivity index (χ0) is 23.4. The van der Waals surface area contributed by atoms with Crippen LogP contribution in [-0.4, -0.2) is 66.3 Å². The Kier molecular flexibility index (Phi) is 7.08. The third-order valence-corrected chi connectivity index (χ3v) is 6.85. The van der Waals surface area contributed by atoms with E-state index >= 15 is 0 Å². The average Bonchev–Trinajstić information content (AvgIpc) is 2.81. The van der Waals surface area contributed by atoms with Crippen molar-refractivity contribution in [2.24, 2.45) is 11.0 Å². The molecule has 4 rings (SSSR count). The number of carbonyl (C=O) groups is 2. The number of hydrazone groups is 1. The Morgan fingerprint density at radius 2 is 1.85 bits per heavy atom. The lowest BCUT2D eigenvalue weighted by molar-refractivity contribution is -0.138. The maximum Gasteiger partial charge on any atom is 0.303 e. The van der Waals surface area contributed by atoms with E-state index in [1.807, 2.05) is 42.6 Å². The number of hydrogen-bond acceptors (Lipinski definition) is 5. The molecule has 174 valence electrons. The summed E-state index contributed by atoms with van der Waals surface area (Å²) in [6.07, 6.45) is 3.78. The van der Waals surface area contributed by atoms with E-state index < -0.39 is 5.97 Å². The molecule has 2 atom stereocenters. The lowest BCUT2D eigenvalue weighted by atomic mass is 9.74. The van der Waals surface area contributed by atoms with E-state index in [9.17, 15) is 14.7 Å². The number of aryl methyl sites for hydroxylation is 1. The number of amides is 1. The molecule has 7 nitrogen and oxygen atoms in total. The number of fused-ring (bicyclic) bond motifs is 1. The van der Waals surface area contributed by atoms with Crippen LogP contribution in [0.25, 0.3) is 0 Å². The summed E-state index contributed by atoms with van der Waals surface area (Å²) in [5.41, 5.74) is 4.66. The Bertz CT molecular complexity index is 1030. The van der Waals surface area contributed by atoms with E-state index in [1.54, 1.807) is 0 Å². The van der Waals surface area contributed by atoms with Crippen molar-refractivity contribution in [1.82, 2.24) is 9.91 Å². The Labute approximate surface area is 195 Å². The number of nitrogens with zero attached hydrogens (tertiary/aromatic N) is 3. The summed E-state index contributed by atoms with van der Waals surface area (Å²) in [5.74, 6) is -0.638. The van der Waals surface area contributed by atoms with E-state index in [1.165, 1.54) is 5.56 Å². The number of benzene rings is 2. The molecular weight excluding hydrogens is 416 g/mol. The van der Waals surface area contributed by atoms with Gasteiger partial charge in [-0.1, -0.05) is 25.1 Å². The molecule has 1 amide bonds. The van der Waals surface area contributed by atoms with Gasteiger partial charge >= 0.3 is 5.97 Å². The minimum absolute atomic E-state index is 0.126. The molecule has 1 aliphatic heterocycles. The highest BCUT2D eigenvalue weighted by molar-refractivity contribution is 6.04. The van der Waals surface area contributed by atoms with Gasteiger partial charge in [0.1, 0.15) is 0 Å². The molecule has 2 N–H and O–H groups in total. The number of carboxylic acid groups (broad SMARTS) is 1. The Morgan fingerprint density at radius 1 is 1.12 bits per heavy atom. The van der Waals surface area contributed by atoms with E-state index in [4.69, 9.17) is 0 Å². The molecule has 0 saturated carbocycles. The van der Waals surface area contributed by atoms with Gasteiger partial charge in [-0.05, 0) is 72.7 Å². The summed E-state index contributed by atoms with van der Waals surface area (Å²) in [6.45, 7) is 5.95. The number of piperazine rings is 1. The normalized spacial score (nSPS) is 21.1. The van der Waals surface area contributed by atoms with Crippen LogP contribution in [-0.2, 0) is 11.2 Å². The molecule has 1 fully saturated rings. The number of carboxylic acids is 1. The van der Waals surface area contributed by atoms with Crippen LogP contribution in [0.15, 0.2) is 47.6 Å². The van der Waals surface area contributed by atoms with Crippen molar-refractivity contribution < 1.29 is 14.7 Å². The molecule has 2 aliphatic rings. The molecule has 1 saturated heterocycles. The van der Waals surface area contributed by atoms with Gasteiger partial charge in [0.05, 0.1) is 6.21 Å². The molecule has 0 aromatic heterocycles. The first-order valence-electron chi connectivity index (χ1n) is 11.6. The molecule has 2 aromatic carbocycles. The van der Waals surface area contributed by atoms with E-state index in [0.29, 0.717) is 5.56 Å².